The molecule has 1 aromatic carbocycles. The number of fused-ring (bicyclic) bond motifs is 1. The second kappa shape index (κ2) is 5.90. The average molecular weight is 391 g/mol. The Morgan fingerprint density at radius 1 is 1.38 bits per heavy atom. The van der Waals surface area contributed by atoms with Gasteiger partial charge in [0, 0.05) is 0 Å². The molecule has 0 amide bonds. The smallest absolute Gasteiger partial charge is 0.328 e. The lowest BCUT2D eigenvalue weighted by molar-refractivity contribution is 0.373. The molecule has 0 saturated heterocycles. The Labute approximate surface area is 143 Å². The lowest BCUT2D eigenvalue weighted by Gasteiger charge is -2.25. The summed E-state index contributed by atoms with van der Waals surface area (Å²) in [5.41, 5.74) is 5.23. The van der Waals surface area contributed by atoms with Crippen LogP contribution in [-0.4, -0.2) is 17.1 Å². The van der Waals surface area contributed by atoms with Gasteiger partial charge in [-0.15, -0.1) is 0 Å². The summed E-state index contributed by atoms with van der Waals surface area (Å²) in [5.74, 6) is -0.418. The van der Waals surface area contributed by atoms with E-state index in [9.17, 15) is 14.9 Å². The second-order valence-electron chi connectivity index (χ2n) is 4.97. The van der Waals surface area contributed by atoms with Crippen LogP contribution in [0.25, 0.3) is 0 Å². The van der Waals surface area contributed by atoms with E-state index in [0.717, 1.165) is 0 Å². The van der Waals surface area contributed by atoms with Gasteiger partial charge in [-0.25, -0.2) is 4.79 Å². The maximum Gasteiger partial charge on any atom is 0.328 e. The van der Waals surface area contributed by atoms with Crippen molar-refractivity contribution in [2.75, 3.05) is 7.11 Å². The molecule has 0 unspecified atom stereocenters. The summed E-state index contributed by atoms with van der Waals surface area (Å²) in [4.78, 5) is 28.3. The Morgan fingerprint density at radius 3 is 2.75 bits per heavy atom. The Hall–Kier alpha value is -2.99. The minimum absolute atomic E-state index is 0.0720. The van der Waals surface area contributed by atoms with E-state index in [-0.39, 0.29) is 22.9 Å². The number of nitrogens with one attached hydrogen (secondary N) is 2. The zero-order chi connectivity index (χ0) is 17.4. The van der Waals surface area contributed by atoms with Gasteiger partial charge in [-0.05, 0) is 33.6 Å². The van der Waals surface area contributed by atoms with Crippen LogP contribution in [-0.2, 0) is 0 Å². The molecule has 3 rings (SSSR count). The highest BCUT2D eigenvalue weighted by Crippen LogP contribution is 2.40. The number of nitrogens with two attached hydrogens (primary N) is 1. The van der Waals surface area contributed by atoms with E-state index in [2.05, 4.69) is 25.9 Å². The van der Waals surface area contributed by atoms with Crippen molar-refractivity contribution in [1.82, 2.24) is 9.97 Å². The summed E-state index contributed by atoms with van der Waals surface area (Å²) in [6.45, 7) is 0. The molecule has 0 radical (unpaired) electrons. The summed E-state index contributed by atoms with van der Waals surface area (Å²) in [7, 11) is 1.53. The van der Waals surface area contributed by atoms with Gasteiger partial charge < -0.3 is 15.2 Å². The van der Waals surface area contributed by atoms with Crippen molar-refractivity contribution < 1.29 is 9.47 Å². The van der Waals surface area contributed by atoms with Crippen LogP contribution in [0.5, 0.6) is 11.6 Å². The SMILES string of the molecule is COc1ccc([C@H]2C(C#N)=C(N)Oc3[nH]c(=O)[nH]c(=O)c32)cc1Br. The van der Waals surface area contributed by atoms with E-state index in [1.165, 1.54) is 7.11 Å². The minimum atomic E-state index is -0.776. The molecule has 2 heterocycles. The zero-order valence-electron chi connectivity index (χ0n) is 12.3. The summed E-state index contributed by atoms with van der Waals surface area (Å²) < 4.78 is 11.1. The molecule has 0 fully saturated rings. The molecule has 0 bridgehead atoms. The van der Waals surface area contributed by atoms with E-state index < -0.39 is 17.2 Å². The van der Waals surface area contributed by atoms with E-state index in [1.807, 2.05) is 6.07 Å². The number of nitrogens with zero attached hydrogens (tertiary/aromatic N) is 1. The minimum Gasteiger partial charge on any atom is -0.496 e. The quantitative estimate of drug-likeness (QED) is 0.701. The normalized spacial score (nSPS) is 16.1. The zero-order valence-corrected chi connectivity index (χ0v) is 13.9. The molecule has 0 spiro atoms. The van der Waals surface area contributed by atoms with Crippen LogP contribution in [0.4, 0.5) is 0 Å². The van der Waals surface area contributed by atoms with Gasteiger partial charge in [-0.1, -0.05) is 6.07 Å². The predicted octanol–water partition coefficient (Wildman–Crippen LogP) is 1.05. The number of aromatic nitrogens is 2. The van der Waals surface area contributed by atoms with Crippen LogP contribution in [0, 0.1) is 11.3 Å². The van der Waals surface area contributed by atoms with Gasteiger partial charge in [0.15, 0.2) is 0 Å². The number of nitriles is 1. The number of halogens is 1. The van der Waals surface area contributed by atoms with E-state index in [0.29, 0.717) is 15.8 Å². The summed E-state index contributed by atoms with van der Waals surface area (Å²) in [5, 5.41) is 9.45. The standard InChI is InChI=1S/C15H11BrN4O4/c1-23-9-3-2-6(4-8(9)16)10-7(5-17)12(18)24-14-11(10)13(21)19-15(22)20-14/h2-4,10H,18H2,1H3,(H2,19,20,21,22)/t10-/m0/s1. The van der Waals surface area contributed by atoms with Crippen molar-refractivity contribution in [2.45, 2.75) is 5.92 Å². The van der Waals surface area contributed by atoms with Crippen molar-refractivity contribution in [2.24, 2.45) is 5.73 Å². The van der Waals surface area contributed by atoms with Crippen LogP contribution in [0.1, 0.15) is 17.0 Å². The Bertz CT molecular complexity index is 1020. The molecule has 8 nitrogen and oxygen atoms in total. The van der Waals surface area contributed by atoms with Gasteiger partial charge in [0.25, 0.3) is 5.56 Å². The average Bonchev–Trinajstić information content (AvgIpc) is 2.53. The highest BCUT2D eigenvalue weighted by atomic mass is 79.9. The Balaban J connectivity index is 2.30. The van der Waals surface area contributed by atoms with Crippen LogP contribution in [0.15, 0.2) is 43.7 Å². The first-order valence-electron chi connectivity index (χ1n) is 6.73. The van der Waals surface area contributed by atoms with Crippen molar-refractivity contribution in [3.63, 3.8) is 0 Å². The molecular weight excluding hydrogens is 380 g/mol. The highest BCUT2D eigenvalue weighted by molar-refractivity contribution is 9.10. The first-order chi connectivity index (χ1) is 11.5. The maximum atomic E-state index is 12.3. The van der Waals surface area contributed by atoms with Gasteiger partial charge in [0.2, 0.25) is 11.8 Å². The lowest BCUT2D eigenvalue weighted by atomic mass is 9.85. The number of rotatable bonds is 2. The molecule has 0 aliphatic carbocycles. The fourth-order valence-corrected chi connectivity index (χ4v) is 3.14. The molecule has 2 aromatic rings. The van der Waals surface area contributed by atoms with Crippen molar-refractivity contribution in [1.29, 1.82) is 5.26 Å². The first-order valence-corrected chi connectivity index (χ1v) is 7.53. The Kier molecular flexibility index (Phi) is 3.91. The maximum absolute atomic E-state index is 12.3. The third-order valence-corrected chi connectivity index (χ3v) is 4.25. The number of hydrogen-bond donors (Lipinski definition) is 3. The summed E-state index contributed by atoms with van der Waals surface area (Å²) >= 11 is 3.37. The molecule has 24 heavy (non-hydrogen) atoms. The van der Waals surface area contributed by atoms with Gasteiger partial charge in [0.1, 0.15) is 17.4 Å². The fourth-order valence-electron chi connectivity index (χ4n) is 2.58. The third kappa shape index (κ3) is 2.47. The molecule has 1 aliphatic rings. The number of methoxy groups -OCH3 is 1. The summed E-state index contributed by atoms with van der Waals surface area (Å²) in [6, 6.07) is 7.09. The van der Waals surface area contributed by atoms with Crippen LogP contribution in [0.3, 0.4) is 0 Å². The number of H-pyrrole nitrogens is 2. The number of ether oxygens (including phenoxy) is 2. The second-order valence-corrected chi connectivity index (χ2v) is 5.82. The van der Waals surface area contributed by atoms with Gasteiger partial charge in [-0.2, -0.15) is 5.26 Å². The molecule has 0 saturated carbocycles. The molecule has 9 heteroatoms. The van der Waals surface area contributed by atoms with Gasteiger partial charge in [0.05, 0.1) is 23.1 Å². The van der Waals surface area contributed by atoms with Crippen LogP contribution < -0.4 is 26.5 Å². The topological polar surface area (TPSA) is 134 Å². The van der Waals surface area contributed by atoms with Crippen molar-refractivity contribution >= 4 is 15.9 Å². The van der Waals surface area contributed by atoms with E-state index in [4.69, 9.17) is 15.2 Å². The van der Waals surface area contributed by atoms with Crippen LogP contribution in [0.2, 0.25) is 0 Å². The van der Waals surface area contributed by atoms with E-state index in [1.54, 1.807) is 18.2 Å². The monoisotopic (exact) mass is 390 g/mol. The number of hydrogen-bond acceptors (Lipinski definition) is 6. The molecule has 1 aliphatic heterocycles. The van der Waals surface area contributed by atoms with Crippen LogP contribution >= 0.6 is 15.9 Å². The molecule has 122 valence electrons. The van der Waals surface area contributed by atoms with Gasteiger partial charge >= 0.3 is 5.69 Å². The third-order valence-electron chi connectivity index (χ3n) is 3.63. The van der Waals surface area contributed by atoms with Crippen molar-refractivity contribution in [3.8, 4) is 17.7 Å². The highest BCUT2D eigenvalue weighted by Gasteiger charge is 2.34. The number of aromatic amines is 2. The molecular formula is C15H11BrN4O4. The molecule has 1 atom stereocenters. The Morgan fingerprint density at radius 2 is 2.12 bits per heavy atom. The summed E-state index contributed by atoms with van der Waals surface area (Å²) in [6.07, 6.45) is 0. The number of benzene rings is 1. The van der Waals surface area contributed by atoms with E-state index >= 15 is 0 Å². The predicted molar refractivity (Wildman–Crippen MR) is 87.7 cm³/mol. The fraction of sp³-hybridized carbons (Fsp3) is 0.133. The van der Waals surface area contributed by atoms with Crippen molar-refractivity contribution in [3.05, 3.63) is 66.1 Å². The molecule has 1 aromatic heterocycles. The molecule has 4 N–H and O–H groups in total. The number of allylic oxidation sites excluding steroid dienone is 1. The van der Waals surface area contributed by atoms with Gasteiger partial charge in [-0.3, -0.25) is 14.8 Å². The lowest BCUT2D eigenvalue weighted by Crippen LogP contribution is -2.33. The largest absolute Gasteiger partial charge is 0.496 e. The first kappa shape index (κ1) is 15.9.